The Bertz CT molecular complexity index is 667. The second-order valence-electron chi connectivity index (χ2n) is 5.42. The Balaban J connectivity index is 2.12. The number of nitrogens with zero attached hydrogens (tertiary/aromatic N) is 2. The monoisotopic (exact) mass is 330 g/mol. The minimum Gasteiger partial charge on any atom is -0.464 e. The summed E-state index contributed by atoms with van der Waals surface area (Å²) in [4.78, 5) is 29.9. The van der Waals surface area contributed by atoms with Gasteiger partial charge in [0.25, 0.3) is 5.91 Å². The summed E-state index contributed by atoms with van der Waals surface area (Å²) in [5.41, 5.74) is 0.724. The highest BCUT2D eigenvalue weighted by Gasteiger charge is 2.19. The summed E-state index contributed by atoms with van der Waals surface area (Å²) in [5.74, 6) is -0.322. The SMILES string of the molecule is CCCCCN(Cc1nc(C(=O)OC)co1)C(=O)c1ccccc1. The molecule has 0 aliphatic heterocycles. The first-order valence-electron chi connectivity index (χ1n) is 8.02. The molecule has 2 aromatic rings. The molecule has 24 heavy (non-hydrogen) atoms. The molecule has 128 valence electrons. The average molecular weight is 330 g/mol. The van der Waals surface area contributed by atoms with E-state index in [1.54, 1.807) is 17.0 Å². The van der Waals surface area contributed by atoms with Crippen molar-refractivity contribution in [3.63, 3.8) is 0 Å². The van der Waals surface area contributed by atoms with Crippen molar-refractivity contribution in [2.24, 2.45) is 0 Å². The van der Waals surface area contributed by atoms with Crippen molar-refractivity contribution in [3.8, 4) is 0 Å². The molecule has 1 aromatic heterocycles. The van der Waals surface area contributed by atoms with E-state index in [9.17, 15) is 9.59 Å². The number of amides is 1. The Labute approximate surface area is 141 Å². The lowest BCUT2D eigenvalue weighted by Gasteiger charge is -2.21. The summed E-state index contributed by atoms with van der Waals surface area (Å²) in [6, 6.07) is 9.10. The molecule has 0 unspecified atom stereocenters. The number of carbonyl (C=O) groups excluding carboxylic acids is 2. The van der Waals surface area contributed by atoms with Crippen molar-refractivity contribution in [2.45, 2.75) is 32.7 Å². The lowest BCUT2D eigenvalue weighted by Crippen LogP contribution is -2.31. The van der Waals surface area contributed by atoms with Crippen LogP contribution in [0.2, 0.25) is 0 Å². The molecule has 6 heteroatoms. The highest BCUT2D eigenvalue weighted by Crippen LogP contribution is 2.12. The van der Waals surface area contributed by atoms with Gasteiger partial charge in [0.2, 0.25) is 5.89 Å². The van der Waals surface area contributed by atoms with Crippen LogP contribution >= 0.6 is 0 Å². The van der Waals surface area contributed by atoms with Gasteiger partial charge >= 0.3 is 5.97 Å². The molecule has 0 aliphatic carbocycles. The van der Waals surface area contributed by atoms with Crippen LogP contribution in [-0.2, 0) is 11.3 Å². The third-order valence-electron chi connectivity index (χ3n) is 3.61. The molecular formula is C18H22N2O4. The van der Waals surface area contributed by atoms with Crippen LogP contribution in [0.3, 0.4) is 0 Å². The molecule has 2 rings (SSSR count). The third kappa shape index (κ3) is 4.68. The van der Waals surface area contributed by atoms with E-state index in [1.807, 2.05) is 18.2 Å². The quantitative estimate of drug-likeness (QED) is 0.548. The van der Waals surface area contributed by atoms with Gasteiger partial charge in [-0.15, -0.1) is 0 Å². The number of esters is 1. The van der Waals surface area contributed by atoms with Crippen LogP contribution in [0.5, 0.6) is 0 Å². The van der Waals surface area contributed by atoms with E-state index in [2.05, 4.69) is 16.6 Å². The fourth-order valence-corrected chi connectivity index (χ4v) is 2.31. The molecular weight excluding hydrogens is 308 g/mol. The highest BCUT2D eigenvalue weighted by atomic mass is 16.5. The van der Waals surface area contributed by atoms with Crippen molar-refractivity contribution >= 4 is 11.9 Å². The summed E-state index contributed by atoms with van der Waals surface area (Å²) < 4.78 is 9.91. The molecule has 0 saturated heterocycles. The van der Waals surface area contributed by atoms with Gasteiger partial charge in [0.15, 0.2) is 5.69 Å². The summed E-state index contributed by atoms with van der Waals surface area (Å²) in [6.45, 7) is 2.94. The Morgan fingerprint density at radius 1 is 1.21 bits per heavy atom. The maximum absolute atomic E-state index is 12.7. The van der Waals surface area contributed by atoms with Crippen LogP contribution < -0.4 is 0 Å². The first-order chi connectivity index (χ1) is 11.7. The van der Waals surface area contributed by atoms with E-state index in [-0.39, 0.29) is 18.1 Å². The lowest BCUT2D eigenvalue weighted by atomic mass is 10.2. The van der Waals surface area contributed by atoms with E-state index < -0.39 is 5.97 Å². The minimum absolute atomic E-state index is 0.0791. The Hall–Kier alpha value is -2.63. The lowest BCUT2D eigenvalue weighted by molar-refractivity contribution is 0.0594. The summed E-state index contributed by atoms with van der Waals surface area (Å²) >= 11 is 0. The zero-order chi connectivity index (χ0) is 17.4. The molecule has 1 heterocycles. The maximum atomic E-state index is 12.7. The minimum atomic E-state index is -0.558. The second-order valence-corrected chi connectivity index (χ2v) is 5.42. The molecule has 0 radical (unpaired) electrons. The highest BCUT2D eigenvalue weighted by molar-refractivity contribution is 5.94. The van der Waals surface area contributed by atoms with Gasteiger partial charge in [0.1, 0.15) is 6.26 Å². The van der Waals surface area contributed by atoms with Gasteiger partial charge in [-0.25, -0.2) is 9.78 Å². The summed E-state index contributed by atoms with van der Waals surface area (Å²) in [6.07, 6.45) is 4.26. The van der Waals surface area contributed by atoms with Crippen LogP contribution in [-0.4, -0.2) is 35.4 Å². The number of carbonyl (C=O) groups is 2. The number of benzene rings is 1. The number of oxazole rings is 1. The maximum Gasteiger partial charge on any atom is 0.360 e. The van der Waals surface area contributed by atoms with Gasteiger partial charge in [0, 0.05) is 12.1 Å². The molecule has 0 N–H and O–H groups in total. The smallest absolute Gasteiger partial charge is 0.360 e. The fraction of sp³-hybridized carbons (Fsp3) is 0.389. The summed E-state index contributed by atoms with van der Waals surface area (Å²) in [5, 5.41) is 0. The van der Waals surface area contributed by atoms with Crippen LogP contribution in [0.1, 0.15) is 52.9 Å². The number of hydrogen-bond donors (Lipinski definition) is 0. The van der Waals surface area contributed by atoms with Crippen LogP contribution in [0.15, 0.2) is 41.0 Å². The van der Waals surface area contributed by atoms with Gasteiger partial charge in [-0.2, -0.15) is 0 Å². The van der Waals surface area contributed by atoms with E-state index in [0.717, 1.165) is 19.3 Å². The Morgan fingerprint density at radius 3 is 2.62 bits per heavy atom. The second kappa shape index (κ2) is 8.86. The molecule has 0 bridgehead atoms. The van der Waals surface area contributed by atoms with E-state index in [0.29, 0.717) is 18.0 Å². The topological polar surface area (TPSA) is 72.6 Å². The Morgan fingerprint density at radius 2 is 1.96 bits per heavy atom. The Kier molecular flexibility index (Phi) is 6.54. The summed E-state index contributed by atoms with van der Waals surface area (Å²) in [7, 11) is 1.28. The van der Waals surface area contributed by atoms with Crippen LogP contribution in [0.25, 0.3) is 0 Å². The third-order valence-corrected chi connectivity index (χ3v) is 3.61. The first-order valence-corrected chi connectivity index (χ1v) is 8.02. The van der Waals surface area contributed by atoms with Gasteiger partial charge < -0.3 is 14.1 Å². The standard InChI is InChI=1S/C18H22N2O4/c1-3-4-8-11-20(17(21)14-9-6-5-7-10-14)12-16-19-15(13-24-16)18(22)23-2/h5-7,9-10,13H,3-4,8,11-12H2,1-2H3. The molecule has 1 amide bonds. The van der Waals surface area contributed by atoms with Crippen molar-refractivity contribution in [1.29, 1.82) is 0 Å². The number of methoxy groups -OCH3 is 1. The number of rotatable bonds is 8. The zero-order valence-corrected chi connectivity index (χ0v) is 14.0. The molecule has 0 atom stereocenters. The van der Waals surface area contributed by atoms with Crippen molar-refractivity contribution in [1.82, 2.24) is 9.88 Å². The molecule has 0 spiro atoms. The predicted molar refractivity (Wildman–Crippen MR) is 88.6 cm³/mol. The van der Waals surface area contributed by atoms with Gasteiger partial charge in [-0.1, -0.05) is 38.0 Å². The van der Waals surface area contributed by atoms with Crippen molar-refractivity contribution < 1.29 is 18.7 Å². The number of ether oxygens (including phenoxy) is 1. The largest absolute Gasteiger partial charge is 0.464 e. The van der Waals surface area contributed by atoms with E-state index in [1.165, 1.54) is 13.4 Å². The normalized spacial score (nSPS) is 10.4. The number of hydrogen-bond acceptors (Lipinski definition) is 5. The number of aromatic nitrogens is 1. The van der Waals surface area contributed by atoms with E-state index >= 15 is 0 Å². The first kappa shape index (κ1) is 17.7. The van der Waals surface area contributed by atoms with Crippen molar-refractivity contribution in [3.05, 3.63) is 53.7 Å². The van der Waals surface area contributed by atoms with Crippen LogP contribution in [0, 0.1) is 0 Å². The molecule has 0 fully saturated rings. The molecule has 1 aromatic carbocycles. The fourth-order valence-electron chi connectivity index (χ4n) is 2.31. The van der Waals surface area contributed by atoms with Crippen LogP contribution in [0.4, 0.5) is 0 Å². The van der Waals surface area contributed by atoms with Crippen molar-refractivity contribution in [2.75, 3.05) is 13.7 Å². The molecule has 0 saturated carbocycles. The van der Waals surface area contributed by atoms with Gasteiger partial charge in [-0.05, 0) is 18.6 Å². The molecule has 0 aliphatic rings. The molecule has 6 nitrogen and oxygen atoms in total. The van der Waals surface area contributed by atoms with E-state index in [4.69, 9.17) is 4.42 Å². The predicted octanol–water partition coefficient (Wildman–Crippen LogP) is 3.29. The number of unbranched alkanes of at least 4 members (excludes halogenated alkanes) is 2. The average Bonchev–Trinajstić information content (AvgIpc) is 3.09. The zero-order valence-electron chi connectivity index (χ0n) is 14.0. The van der Waals surface area contributed by atoms with Gasteiger partial charge in [-0.3, -0.25) is 4.79 Å². The van der Waals surface area contributed by atoms with Gasteiger partial charge in [0.05, 0.1) is 13.7 Å².